The zero-order valence-corrected chi connectivity index (χ0v) is 14.3. The number of ether oxygens (including phenoxy) is 1. The number of carbonyl (C=O) groups excluding carboxylic acids is 1. The number of aliphatic hydroxyl groups excluding tert-OH is 1. The summed E-state index contributed by atoms with van der Waals surface area (Å²) < 4.78 is 5.50. The number of hydrogen-bond acceptors (Lipinski definition) is 3. The fourth-order valence-corrected chi connectivity index (χ4v) is 3.22. The van der Waals surface area contributed by atoms with Crippen molar-refractivity contribution in [3.05, 3.63) is 47.1 Å². The van der Waals surface area contributed by atoms with E-state index in [1.54, 1.807) is 0 Å². The van der Waals surface area contributed by atoms with Gasteiger partial charge in [-0.05, 0) is 64.0 Å². The number of hydrogen-bond donors (Lipinski definition) is 1. The van der Waals surface area contributed by atoms with Crippen LogP contribution in [0.2, 0.25) is 0 Å². The first kappa shape index (κ1) is 17.7. The van der Waals surface area contributed by atoms with Crippen molar-refractivity contribution < 1.29 is 14.6 Å². The van der Waals surface area contributed by atoms with E-state index in [1.165, 1.54) is 11.1 Å². The van der Waals surface area contributed by atoms with Crippen LogP contribution in [0.4, 0.5) is 0 Å². The summed E-state index contributed by atoms with van der Waals surface area (Å²) in [5.74, 6) is -0.162. The second-order valence-corrected chi connectivity index (χ2v) is 6.70. The van der Waals surface area contributed by atoms with Gasteiger partial charge in [0.1, 0.15) is 6.10 Å². The van der Waals surface area contributed by atoms with Crippen LogP contribution in [0, 0.1) is 5.92 Å². The molecule has 0 saturated carbocycles. The number of allylic oxidation sites excluding steroid dienone is 4. The van der Waals surface area contributed by atoms with Gasteiger partial charge >= 0.3 is 5.97 Å². The van der Waals surface area contributed by atoms with E-state index in [0.29, 0.717) is 5.57 Å². The predicted octanol–water partition coefficient (Wildman–Crippen LogP) is 4.25. The van der Waals surface area contributed by atoms with Gasteiger partial charge in [0.15, 0.2) is 0 Å². The van der Waals surface area contributed by atoms with Crippen LogP contribution >= 0.6 is 0 Å². The molecular formula is C20H28O3. The van der Waals surface area contributed by atoms with Gasteiger partial charge in [-0.3, -0.25) is 0 Å². The molecule has 23 heavy (non-hydrogen) atoms. The van der Waals surface area contributed by atoms with Crippen LogP contribution in [-0.2, 0) is 9.53 Å². The molecule has 0 unspecified atom stereocenters. The second-order valence-electron chi connectivity index (χ2n) is 6.70. The molecule has 0 aromatic heterocycles. The molecule has 1 N–H and O–H groups in total. The topological polar surface area (TPSA) is 46.5 Å². The van der Waals surface area contributed by atoms with Gasteiger partial charge in [0.25, 0.3) is 0 Å². The van der Waals surface area contributed by atoms with E-state index in [9.17, 15) is 9.90 Å². The van der Waals surface area contributed by atoms with Crippen molar-refractivity contribution in [2.24, 2.45) is 5.92 Å². The van der Waals surface area contributed by atoms with E-state index in [4.69, 9.17) is 4.74 Å². The van der Waals surface area contributed by atoms with Gasteiger partial charge in [0.2, 0.25) is 0 Å². The fraction of sp³-hybridized carbons (Fsp3) is 0.550. The lowest BCUT2D eigenvalue weighted by atomic mass is 9.89. The third kappa shape index (κ3) is 4.93. The van der Waals surface area contributed by atoms with Crippen LogP contribution in [-0.4, -0.2) is 23.8 Å². The summed E-state index contributed by atoms with van der Waals surface area (Å²) >= 11 is 0. The van der Waals surface area contributed by atoms with Gasteiger partial charge in [0.05, 0.1) is 6.61 Å². The van der Waals surface area contributed by atoms with Crippen molar-refractivity contribution in [2.75, 3.05) is 6.61 Å². The van der Waals surface area contributed by atoms with Gasteiger partial charge < -0.3 is 9.84 Å². The maximum absolute atomic E-state index is 11.8. The molecule has 0 radical (unpaired) electrons. The zero-order chi connectivity index (χ0) is 16.8. The lowest BCUT2D eigenvalue weighted by Gasteiger charge is -2.16. The smallest absolute Gasteiger partial charge is 0.334 e. The summed E-state index contributed by atoms with van der Waals surface area (Å²) in [4.78, 5) is 11.8. The molecule has 0 spiro atoms. The first-order valence-corrected chi connectivity index (χ1v) is 8.52. The Bertz CT molecular complexity index is 551. The molecule has 2 atom stereocenters. The second kappa shape index (κ2) is 8.30. The Morgan fingerprint density at radius 3 is 2.65 bits per heavy atom. The van der Waals surface area contributed by atoms with Gasteiger partial charge in [-0.25, -0.2) is 4.79 Å². The van der Waals surface area contributed by atoms with Crippen molar-refractivity contribution in [1.29, 1.82) is 0 Å². The number of carbonyl (C=O) groups is 1. The highest BCUT2D eigenvalue weighted by atomic mass is 16.5. The van der Waals surface area contributed by atoms with E-state index in [2.05, 4.69) is 38.7 Å². The Morgan fingerprint density at radius 2 is 1.91 bits per heavy atom. The summed E-state index contributed by atoms with van der Waals surface area (Å²) in [5.41, 5.74) is 4.27. The number of aliphatic hydroxyl groups is 1. The molecule has 1 aliphatic heterocycles. The number of esters is 1. The third-order valence-electron chi connectivity index (χ3n) is 4.78. The van der Waals surface area contributed by atoms with Crippen molar-refractivity contribution in [3.63, 3.8) is 0 Å². The highest BCUT2D eigenvalue weighted by molar-refractivity contribution is 5.91. The van der Waals surface area contributed by atoms with E-state index in [0.717, 1.165) is 44.1 Å². The summed E-state index contributed by atoms with van der Waals surface area (Å²) in [6, 6.07) is 0. The lowest BCUT2D eigenvalue weighted by molar-refractivity contribution is -0.137. The molecule has 0 aromatic rings. The van der Waals surface area contributed by atoms with Crippen molar-refractivity contribution in [2.45, 2.75) is 58.5 Å². The summed E-state index contributed by atoms with van der Waals surface area (Å²) in [5, 5.41) is 9.44. The Morgan fingerprint density at radius 1 is 1.17 bits per heavy atom. The Balaban J connectivity index is 2.20. The Hall–Kier alpha value is -1.61. The molecule has 1 aliphatic carbocycles. The zero-order valence-electron chi connectivity index (χ0n) is 14.3. The average molecular weight is 316 g/mol. The van der Waals surface area contributed by atoms with Crippen LogP contribution in [0.1, 0.15) is 52.4 Å². The lowest BCUT2D eigenvalue weighted by Crippen LogP contribution is -2.14. The predicted molar refractivity (Wildman–Crippen MR) is 92.9 cm³/mol. The molecule has 0 bridgehead atoms. The molecule has 0 amide bonds. The quantitative estimate of drug-likeness (QED) is 0.447. The standard InChI is InChI=1S/C20H28O3/c1-14-6-4-8-17(13-21)9-5-7-15(2)12-19-18(11-10-14)16(3)20(22)23-19/h6,9,12,18-19,21H,3-5,7-8,10-11,13H2,1-2H3/b14-6-,15-12-,17-9+/t18-,19-/m0/s1. The number of fused-ring (bicyclic) bond motifs is 1. The Kier molecular flexibility index (Phi) is 6.40. The highest BCUT2D eigenvalue weighted by Gasteiger charge is 2.36. The van der Waals surface area contributed by atoms with E-state index in [-0.39, 0.29) is 24.6 Å². The largest absolute Gasteiger partial charge is 0.454 e. The molecule has 1 fully saturated rings. The van der Waals surface area contributed by atoms with Gasteiger partial charge in [0, 0.05) is 11.5 Å². The normalized spacial score (nSPS) is 34.1. The highest BCUT2D eigenvalue weighted by Crippen LogP contribution is 2.33. The monoisotopic (exact) mass is 316 g/mol. The Labute approximate surface area is 139 Å². The summed E-state index contributed by atoms with van der Waals surface area (Å²) in [6.45, 7) is 8.28. The van der Waals surface area contributed by atoms with E-state index < -0.39 is 0 Å². The van der Waals surface area contributed by atoms with Gasteiger partial charge in [-0.2, -0.15) is 0 Å². The molecular weight excluding hydrogens is 288 g/mol. The minimum Gasteiger partial charge on any atom is -0.454 e. The summed E-state index contributed by atoms with van der Waals surface area (Å²) in [6.07, 6.45) is 11.8. The maximum atomic E-state index is 11.8. The molecule has 2 rings (SSSR count). The third-order valence-corrected chi connectivity index (χ3v) is 4.78. The van der Waals surface area contributed by atoms with Gasteiger partial charge in [-0.15, -0.1) is 0 Å². The molecule has 2 aliphatic rings. The average Bonchev–Trinajstić information content (AvgIpc) is 2.77. The van der Waals surface area contributed by atoms with Crippen LogP contribution < -0.4 is 0 Å². The fourth-order valence-electron chi connectivity index (χ4n) is 3.22. The van der Waals surface area contributed by atoms with Crippen molar-refractivity contribution >= 4 is 5.97 Å². The molecule has 126 valence electrons. The van der Waals surface area contributed by atoms with Gasteiger partial charge in [-0.1, -0.05) is 29.9 Å². The molecule has 1 heterocycles. The minimum absolute atomic E-state index is 0.0901. The van der Waals surface area contributed by atoms with E-state index in [1.807, 2.05) is 0 Å². The van der Waals surface area contributed by atoms with Crippen molar-refractivity contribution in [3.8, 4) is 0 Å². The molecule has 3 nitrogen and oxygen atoms in total. The SMILES string of the molecule is C=C1C(=O)O[C@H]2/C=C(/C)CC/C=C(/CO)CC/C=C(/C)CC[C@@H]12. The number of rotatable bonds is 1. The van der Waals surface area contributed by atoms with Crippen LogP contribution in [0.15, 0.2) is 47.1 Å². The molecule has 1 saturated heterocycles. The first-order valence-electron chi connectivity index (χ1n) is 8.52. The first-order chi connectivity index (χ1) is 11.0. The maximum Gasteiger partial charge on any atom is 0.334 e. The van der Waals surface area contributed by atoms with Crippen LogP contribution in [0.3, 0.4) is 0 Å². The van der Waals surface area contributed by atoms with Crippen LogP contribution in [0.25, 0.3) is 0 Å². The molecule has 0 aromatic carbocycles. The molecule has 3 heteroatoms. The van der Waals surface area contributed by atoms with Crippen LogP contribution in [0.5, 0.6) is 0 Å². The van der Waals surface area contributed by atoms with Crippen molar-refractivity contribution in [1.82, 2.24) is 0 Å². The van der Waals surface area contributed by atoms with E-state index >= 15 is 0 Å². The minimum atomic E-state index is -0.252. The summed E-state index contributed by atoms with van der Waals surface area (Å²) in [7, 11) is 0.